The van der Waals surface area contributed by atoms with E-state index in [1.165, 1.54) is 5.69 Å². The van der Waals surface area contributed by atoms with Gasteiger partial charge in [-0.05, 0) is 12.1 Å². The molecule has 0 amide bonds. The topological polar surface area (TPSA) is 3.24 Å². The monoisotopic (exact) mass is 215 g/mol. The van der Waals surface area contributed by atoms with Gasteiger partial charge in [0.2, 0.25) is 0 Å². The Morgan fingerprint density at radius 3 is 2.13 bits per heavy atom. The molecule has 2 heteroatoms. The molecule has 2 rings (SSSR count). The summed E-state index contributed by atoms with van der Waals surface area (Å²) in [6.07, 6.45) is 8.80. The van der Waals surface area contributed by atoms with Crippen LogP contribution >= 0.6 is 0 Å². The van der Waals surface area contributed by atoms with E-state index in [2.05, 4.69) is 72.3 Å². The summed E-state index contributed by atoms with van der Waals surface area (Å²) >= 11 is 0. The third-order valence-electron chi connectivity index (χ3n) is 2.66. The van der Waals surface area contributed by atoms with Gasteiger partial charge in [0.05, 0.1) is 6.04 Å². The molecule has 0 atom stereocenters. The van der Waals surface area contributed by atoms with Crippen molar-refractivity contribution < 1.29 is 0 Å². The molecule has 0 spiro atoms. The zero-order valence-corrected chi connectivity index (χ0v) is 10.5. The SMILES string of the molecule is C[SiH](C)N(c1ccccc1)C1C=CC=C1. The Labute approximate surface area is 93.4 Å². The van der Waals surface area contributed by atoms with E-state index in [4.69, 9.17) is 0 Å². The molecule has 0 radical (unpaired) electrons. The van der Waals surface area contributed by atoms with Crippen LogP contribution in [-0.2, 0) is 0 Å². The number of benzene rings is 1. The molecule has 0 N–H and O–H groups in total. The Morgan fingerprint density at radius 1 is 1.00 bits per heavy atom. The molecule has 0 unspecified atom stereocenters. The van der Waals surface area contributed by atoms with E-state index in [0.29, 0.717) is 6.04 Å². The molecule has 0 saturated heterocycles. The van der Waals surface area contributed by atoms with Gasteiger partial charge in [-0.15, -0.1) is 0 Å². The second kappa shape index (κ2) is 4.49. The van der Waals surface area contributed by atoms with Crippen LogP contribution in [0.3, 0.4) is 0 Å². The number of anilines is 1. The summed E-state index contributed by atoms with van der Waals surface area (Å²) in [5, 5.41) is 0. The number of rotatable bonds is 3. The van der Waals surface area contributed by atoms with Crippen LogP contribution in [0.25, 0.3) is 0 Å². The van der Waals surface area contributed by atoms with Crippen molar-refractivity contribution in [3.8, 4) is 0 Å². The van der Waals surface area contributed by atoms with E-state index in [1.807, 2.05) is 0 Å². The average Bonchev–Trinajstić information content (AvgIpc) is 2.72. The molecule has 1 nitrogen and oxygen atoms in total. The molecule has 0 aliphatic heterocycles. The second-order valence-electron chi connectivity index (χ2n) is 4.10. The molecular weight excluding hydrogens is 198 g/mol. The third kappa shape index (κ3) is 2.21. The van der Waals surface area contributed by atoms with Crippen molar-refractivity contribution >= 4 is 14.6 Å². The number of hydrogen-bond donors (Lipinski definition) is 0. The van der Waals surface area contributed by atoms with Gasteiger partial charge < -0.3 is 4.57 Å². The van der Waals surface area contributed by atoms with Crippen molar-refractivity contribution in [2.45, 2.75) is 19.1 Å². The van der Waals surface area contributed by atoms with E-state index in [0.717, 1.165) is 0 Å². The quantitative estimate of drug-likeness (QED) is 0.701. The van der Waals surface area contributed by atoms with Gasteiger partial charge in [-0.2, -0.15) is 0 Å². The highest BCUT2D eigenvalue weighted by molar-refractivity contribution is 6.60. The lowest BCUT2D eigenvalue weighted by Gasteiger charge is -2.32. The zero-order valence-electron chi connectivity index (χ0n) is 9.30. The van der Waals surface area contributed by atoms with Crippen LogP contribution in [0.2, 0.25) is 13.1 Å². The lowest BCUT2D eigenvalue weighted by Crippen LogP contribution is -2.40. The predicted molar refractivity (Wildman–Crippen MR) is 69.9 cm³/mol. The van der Waals surface area contributed by atoms with E-state index >= 15 is 0 Å². The average molecular weight is 215 g/mol. The maximum absolute atomic E-state index is 2.56. The van der Waals surface area contributed by atoms with Gasteiger partial charge in [0.1, 0.15) is 8.96 Å². The van der Waals surface area contributed by atoms with Gasteiger partial charge in [0.25, 0.3) is 0 Å². The normalized spacial score (nSPS) is 15.1. The molecule has 0 heterocycles. The van der Waals surface area contributed by atoms with Gasteiger partial charge in [-0.1, -0.05) is 55.6 Å². The van der Waals surface area contributed by atoms with E-state index in [1.54, 1.807) is 0 Å². The van der Waals surface area contributed by atoms with Crippen molar-refractivity contribution in [2.75, 3.05) is 4.57 Å². The maximum Gasteiger partial charge on any atom is 0.135 e. The van der Waals surface area contributed by atoms with Crippen molar-refractivity contribution in [2.24, 2.45) is 0 Å². The van der Waals surface area contributed by atoms with Gasteiger partial charge in [0.15, 0.2) is 0 Å². The Hall–Kier alpha value is -1.28. The van der Waals surface area contributed by atoms with Crippen LogP contribution in [0.15, 0.2) is 54.6 Å². The van der Waals surface area contributed by atoms with Crippen molar-refractivity contribution in [1.29, 1.82) is 0 Å². The summed E-state index contributed by atoms with van der Waals surface area (Å²) in [4.78, 5) is 0. The minimum Gasteiger partial charge on any atom is -0.391 e. The Balaban J connectivity index is 2.28. The fourth-order valence-corrected chi connectivity index (χ4v) is 3.68. The minimum atomic E-state index is -0.834. The summed E-state index contributed by atoms with van der Waals surface area (Å²) in [5.41, 5.74) is 1.35. The number of para-hydroxylation sites is 1. The molecule has 1 aliphatic rings. The Kier molecular flexibility index (Phi) is 3.07. The van der Waals surface area contributed by atoms with Crippen LogP contribution in [0.1, 0.15) is 0 Å². The fraction of sp³-hybridized carbons (Fsp3) is 0.231. The summed E-state index contributed by atoms with van der Waals surface area (Å²) in [6, 6.07) is 11.2. The molecule has 0 bridgehead atoms. The third-order valence-corrected chi connectivity index (χ3v) is 4.41. The largest absolute Gasteiger partial charge is 0.391 e. The first kappa shape index (κ1) is 10.2. The molecule has 78 valence electrons. The number of nitrogens with zero attached hydrogens (tertiary/aromatic N) is 1. The van der Waals surface area contributed by atoms with Crippen molar-refractivity contribution in [1.82, 2.24) is 0 Å². The number of hydrogen-bond acceptors (Lipinski definition) is 1. The predicted octanol–water partition coefficient (Wildman–Crippen LogP) is 2.97. The summed E-state index contributed by atoms with van der Waals surface area (Å²) in [5.74, 6) is 0. The van der Waals surface area contributed by atoms with Crippen LogP contribution in [-0.4, -0.2) is 15.0 Å². The molecule has 0 aromatic heterocycles. The first-order valence-corrected chi connectivity index (χ1v) is 8.30. The Bertz CT molecular complexity index is 355. The molecule has 1 aromatic carbocycles. The standard InChI is InChI=1S/C13H17NSi/c1-15(2)14(13-10-6-7-11-13)12-8-4-3-5-9-12/h3-11,13,15H,1-2H3. The van der Waals surface area contributed by atoms with Crippen LogP contribution in [0, 0.1) is 0 Å². The maximum atomic E-state index is 2.56. The molecule has 0 fully saturated rings. The molecular formula is C13H17NSi. The first-order chi connectivity index (χ1) is 7.29. The zero-order chi connectivity index (χ0) is 10.7. The highest BCUT2D eigenvalue weighted by Crippen LogP contribution is 2.21. The fourth-order valence-electron chi connectivity index (χ4n) is 2.02. The summed E-state index contributed by atoms with van der Waals surface area (Å²) in [6.45, 7) is 4.74. The second-order valence-corrected chi connectivity index (χ2v) is 6.84. The molecule has 15 heavy (non-hydrogen) atoms. The van der Waals surface area contributed by atoms with Crippen molar-refractivity contribution in [3.63, 3.8) is 0 Å². The van der Waals surface area contributed by atoms with Gasteiger partial charge in [0, 0.05) is 5.69 Å². The minimum absolute atomic E-state index is 0.471. The van der Waals surface area contributed by atoms with Crippen LogP contribution in [0.5, 0.6) is 0 Å². The lowest BCUT2D eigenvalue weighted by atomic mass is 10.2. The van der Waals surface area contributed by atoms with Crippen LogP contribution < -0.4 is 4.57 Å². The molecule has 0 saturated carbocycles. The molecule has 1 aliphatic carbocycles. The van der Waals surface area contributed by atoms with Gasteiger partial charge >= 0.3 is 0 Å². The van der Waals surface area contributed by atoms with Crippen LogP contribution in [0.4, 0.5) is 5.69 Å². The highest BCUT2D eigenvalue weighted by atomic mass is 28.3. The summed E-state index contributed by atoms with van der Waals surface area (Å²) < 4.78 is 2.56. The van der Waals surface area contributed by atoms with E-state index in [-0.39, 0.29) is 0 Å². The highest BCUT2D eigenvalue weighted by Gasteiger charge is 2.18. The Morgan fingerprint density at radius 2 is 1.60 bits per heavy atom. The number of allylic oxidation sites excluding steroid dienone is 2. The van der Waals surface area contributed by atoms with Gasteiger partial charge in [-0.25, -0.2) is 0 Å². The summed E-state index contributed by atoms with van der Waals surface area (Å²) in [7, 11) is -0.834. The lowest BCUT2D eigenvalue weighted by molar-refractivity contribution is 0.999. The smallest absolute Gasteiger partial charge is 0.135 e. The first-order valence-electron chi connectivity index (χ1n) is 5.47. The molecule has 1 aromatic rings. The van der Waals surface area contributed by atoms with E-state index < -0.39 is 8.96 Å². The van der Waals surface area contributed by atoms with Crippen molar-refractivity contribution in [3.05, 3.63) is 54.6 Å². The van der Waals surface area contributed by atoms with E-state index in [9.17, 15) is 0 Å². The van der Waals surface area contributed by atoms with Gasteiger partial charge in [-0.3, -0.25) is 0 Å².